The molecular weight excluding hydrogens is 385 g/mol. The maximum absolute atomic E-state index is 13.0. The van der Waals surface area contributed by atoms with Crippen LogP contribution >= 0.6 is 0 Å². The number of aromatic nitrogens is 1. The summed E-state index contributed by atoms with van der Waals surface area (Å²) in [6, 6.07) is 8.26. The summed E-state index contributed by atoms with van der Waals surface area (Å²) < 4.78 is 24.4. The molecule has 2 aliphatic rings. The Hall–Kier alpha value is -2.51. The van der Waals surface area contributed by atoms with Gasteiger partial charge in [0.1, 0.15) is 30.9 Å². The predicted octanol–water partition coefficient (Wildman–Crippen LogP) is 2.80. The number of carbonyl (C=O) groups excluding carboxylic acids is 1. The number of hydrogen-bond donors (Lipinski definition) is 0. The molecule has 30 heavy (non-hydrogen) atoms. The van der Waals surface area contributed by atoms with Crippen LogP contribution in [0.2, 0.25) is 0 Å². The van der Waals surface area contributed by atoms with Crippen LogP contribution in [0.3, 0.4) is 0 Å². The summed E-state index contributed by atoms with van der Waals surface area (Å²) in [5.41, 5.74) is 2.52. The highest BCUT2D eigenvalue weighted by Gasteiger charge is 2.33. The minimum absolute atomic E-state index is 0.0523. The van der Waals surface area contributed by atoms with Crippen molar-refractivity contribution in [2.45, 2.75) is 38.5 Å². The molecule has 0 unspecified atom stereocenters. The maximum Gasteiger partial charge on any atom is 0.248 e. The quantitative estimate of drug-likeness (QED) is 0.729. The van der Waals surface area contributed by atoms with Crippen molar-refractivity contribution in [2.24, 2.45) is 0 Å². The van der Waals surface area contributed by atoms with Crippen molar-refractivity contribution in [3.05, 3.63) is 59.7 Å². The molecule has 1 amide bonds. The number of hydrogen-bond acceptors (Lipinski definition) is 5. The van der Waals surface area contributed by atoms with Crippen molar-refractivity contribution < 1.29 is 18.7 Å². The van der Waals surface area contributed by atoms with Gasteiger partial charge in [0.15, 0.2) is 0 Å². The summed E-state index contributed by atoms with van der Waals surface area (Å²) >= 11 is 0. The molecule has 2 fully saturated rings. The second-order valence-electron chi connectivity index (χ2n) is 8.05. The molecule has 3 heterocycles. The number of piperidine rings is 1. The second-order valence-corrected chi connectivity index (χ2v) is 8.05. The maximum atomic E-state index is 13.0. The van der Waals surface area contributed by atoms with E-state index < -0.39 is 0 Å². The van der Waals surface area contributed by atoms with Crippen LogP contribution < -0.4 is 4.74 Å². The zero-order chi connectivity index (χ0) is 20.9. The van der Waals surface area contributed by atoms with Crippen molar-refractivity contribution in [3.8, 4) is 5.75 Å². The topological polar surface area (TPSA) is 54.9 Å². The van der Waals surface area contributed by atoms with Gasteiger partial charge in [0, 0.05) is 38.1 Å². The Morgan fingerprint density at radius 3 is 2.70 bits per heavy atom. The van der Waals surface area contributed by atoms with Gasteiger partial charge in [0.2, 0.25) is 5.91 Å². The third-order valence-corrected chi connectivity index (χ3v) is 5.94. The van der Waals surface area contributed by atoms with Gasteiger partial charge >= 0.3 is 0 Å². The number of halogens is 1. The van der Waals surface area contributed by atoms with E-state index in [1.807, 2.05) is 17.3 Å². The standard InChI is InChI=1S/C23H28FN3O3/c1-17-12-25-9-6-18(17)13-26-10-7-20(8-11-26)27-14-22(30-16-23(27)28)15-29-21-4-2-19(24)3-5-21/h2-6,9,12,20,22H,7-8,10-11,13-16H2,1H3/t22-/m1/s1. The van der Waals surface area contributed by atoms with Crippen LogP contribution in [0, 0.1) is 12.7 Å². The number of likely N-dealkylation sites (tertiary alicyclic amines) is 1. The number of pyridine rings is 1. The first-order chi connectivity index (χ1) is 14.6. The van der Waals surface area contributed by atoms with Gasteiger partial charge < -0.3 is 14.4 Å². The molecule has 1 aromatic carbocycles. The first-order valence-corrected chi connectivity index (χ1v) is 10.5. The molecule has 0 bridgehead atoms. The fraction of sp³-hybridized carbons (Fsp3) is 0.478. The zero-order valence-corrected chi connectivity index (χ0v) is 17.3. The lowest BCUT2D eigenvalue weighted by molar-refractivity contribution is -0.155. The van der Waals surface area contributed by atoms with E-state index in [0.717, 1.165) is 32.5 Å². The molecule has 2 aliphatic heterocycles. The molecule has 160 valence electrons. The lowest BCUT2D eigenvalue weighted by Crippen LogP contribution is -2.55. The van der Waals surface area contributed by atoms with Crippen LogP contribution in [-0.2, 0) is 16.1 Å². The summed E-state index contributed by atoms with van der Waals surface area (Å²) in [5, 5.41) is 0. The fourth-order valence-electron chi connectivity index (χ4n) is 4.13. The number of nitrogens with zero attached hydrogens (tertiary/aromatic N) is 3. The number of aryl methyl sites for hydroxylation is 1. The van der Waals surface area contributed by atoms with E-state index in [0.29, 0.717) is 18.9 Å². The molecule has 0 N–H and O–H groups in total. The predicted molar refractivity (Wildman–Crippen MR) is 111 cm³/mol. The third kappa shape index (κ3) is 5.15. The molecular formula is C23H28FN3O3. The van der Waals surface area contributed by atoms with Crippen molar-refractivity contribution in [1.29, 1.82) is 0 Å². The Balaban J connectivity index is 1.27. The highest BCUT2D eigenvalue weighted by Crippen LogP contribution is 2.22. The number of amides is 1. The Bertz CT molecular complexity index is 853. The van der Waals surface area contributed by atoms with Gasteiger partial charge in [0.25, 0.3) is 0 Å². The summed E-state index contributed by atoms with van der Waals surface area (Å²) in [6.07, 6.45) is 5.49. The van der Waals surface area contributed by atoms with Crippen molar-refractivity contribution in [3.63, 3.8) is 0 Å². The van der Waals surface area contributed by atoms with Crippen LogP contribution in [0.5, 0.6) is 5.75 Å². The number of ether oxygens (including phenoxy) is 2. The molecule has 1 aromatic heterocycles. The van der Waals surface area contributed by atoms with E-state index >= 15 is 0 Å². The van der Waals surface area contributed by atoms with Gasteiger partial charge in [-0.15, -0.1) is 0 Å². The first kappa shape index (κ1) is 20.8. The van der Waals surface area contributed by atoms with Crippen LogP contribution in [0.1, 0.15) is 24.0 Å². The lowest BCUT2D eigenvalue weighted by atomic mass is 10.0. The lowest BCUT2D eigenvalue weighted by Gasteiger charge is -2.42. The summed E-state index contributed by atoms with van der Waals surface area (Å²) in [4.78, 5) is 21.0. The Kier molecular flexibility index (Phi) is 6.59. The minimum Gasteiger partial charge on any atom is -0.491 e. The number of rotatable bonds is 6. The van der Waals surface area contributed by atoms with Gasteiger partial charge in [0.05, 0.1) is 6.54 Å². The minimum atomic E-state index is -0.293. The number of benzene rings is 1. The first-order valence-electron chi connectivity index (χ1n) is 10.5. The second kappa shape index (κ2) is 9.53. The van der Waals surface area contributed by atoms with E-state index in [2.05, 4.69) is 22.9 Å². The van der Waals surface area contributed by atoms with Crippen LogP contribution in [0.4, 0.5) is 4.39 Å². The molecule has 7 heteroatoms. The SMILES string of the molecule is Cc1cnccc1CN1CCC(N2C[C@H](COc3ccc(F)cc3)OCC2=O)CC1. The molecule has 6 nitrogen and oxygen atoms in total. The van der Waals surface area contributed by atoms with E-state index in [1.165, 1.54) is 23.3 Å². The third-order valence-electron chi connectivity index (χ3n) is 5.94. The Morgan fingerprint density at radius 1 is 1.20 bits per heavy atom. The number of carbonyl (C=O) groups is 1. The monoisotopic (exact) mass is 413 g/mol. The summed E-state index contributed by atoms with van der Waals surface area (Å²) in [7, 11) is 0. The smallest absolute Gasteiger partial charge is 0.248 e. The summed E-state index contributed by atoms with van der Waals surface area (Å²) in [5.74, 6) is 0.359. The van der Waals surface area contributed by atoms with E-state index in [1.54, 1.807) is 12.1 Å². The van der Waals surface area contributed by atoms with E-state index in [9.17, 15) is 9.18 Å². The molecule has 2 saturated heterocycles. The van der Waals surface area contributed by atoms with Crippen molar-refractivity contribution in [2.75, 3.05) is 32.8 Å². The molecule has 2 aromatic rings. The van der Waals surface area contributed by atoms with Crippen molar-refractivity contribution in [1.82, 2.24) is 14.8 Å². The van der Waals surface area contributed by atoms with Gasteiger partial charge in [-0.05, 0) is 61.2 Å². The molecule has 4 rings (SSSR count). The van der Waals surface area contributed by atoms with Gasteiger partial charge in [-0.1, -0.05) is 0 Å². The Morgan fingerprint density at radius 2 is 1.97 bits per heavy atom. The van der Waals surface area contributed by atoms with Crippen LogP contribution in [-0.4, -0.2) is 65.7 Å². The van der Waals surface area contributed by atoms with Crippen LogP contribution in [0.15, 0.2) is 42.7 Å². The van der Waals surface area contributed by atoms with Crippen molar-refractivity contribution >= 4 is 5.91 Å². The normalized spacial score (nSPS) is 21.1. The van der Waals surface area contributed by atoms with Crippen LogP contribution in [0.25, 0.3) is 0 Å². The highest BCUT2D eigenvalue weighted by atomic mass is 19.1. The highest BCUT2D eigenvalue weighted by molar-refractivity contribution is 5.78. The zero-order valence-electron chi connectivity index (χ0n) is 17.3. The molecule has 0 spiro atoms. The van der Waals surface area contributed by atoms with E-state index in [4.69, 9.17) is 9.47 Å². The molecule has 0 radical (unpaired) electrons. The fourth-order valence-corrected chi connectivity index (χ4v) is 4.13. The largest absolute Gasteiger partial charge is 0.491 e. The molecule has 0 aliphatic carbocycles. The van der Waals surface area contributed by atoms with E-state index in [-0.39, 0.29) is 30.5 Å². The average molecular weight is 413 g/mol. The van der Waals surface area contributed by atoms with Gasteiger partial charge in [-0.2, -0.15) is 0 Å². The Labute approximate surface area is 176 Å². The molecule has 0 saturated carbocycles. The van der Waals surface area contributed by atoms with Gasteiger partial charge in [-0.3, -0.25) is 14.7 Å². The van der Waals surface area contributed by atoms with Gasteiger partial charge in [-0.25, -0.2) is 4.39 Å². The molecule has 1 atom stereocenters. The summed E-state index contributed by atoms with van der Waals surface area (Å²) in [6.45, 7) is 5.92. The average Bonchev–Trinajstić information content (AvgIpc) is 2.76. The number of morpholine rings is 1.